The summed E-state index contributed by atoms with van der Waals surface area (Å²) in [6, 6.07) is 15.2. The molecule has 9 heteroatoms. The Labute approximate surface area is 190 Å². The van der Waals surface area contributed by atoms with Gasteiger partial charge in [0, 0.05) is 23.3 Å². The monoisotopic (exact) mass is 455 g/mol. The average Bonchev–Trinajstić information content (AvgIpc) is 2.85. The number of amides is 1. The third-order valence-electron chi connectivity index (χ3n) is 4.67. The molecule has 0 bridgehead atoms. The van der Waals surface area contributed by atoms with Crippen LogP contribution >= 0.6 is 11.8 Å². The average molecular weight is 456 g/mol. The van der Waals surface area contributed by atoms with E-state index in [1.807, 2.05) is 48.5 Å². The molecule has 3 rings (SSSR count). The predicted octanol–water partition coefficient (Wildman–Crippen LogP) is 4.21. The number of benzene rings is 2. The maximum atomic E-state index is 11.2. The van der Waals surface area contributed by atoms with E-state index in [9.17, 15) is 4.79 Å². The number of hydrogen-bond acceptors (Lipinski definition) is 8. The van der Waals surface area contributed by atoms with Gasteiger partial charge in [0.25, 0.3) is 0 Å². The van der Waals surface area contributed by atoms with Crippen LogP contribution in [0, 0.1) is 0 Å². The van der Waals surface area contributed by atoms with Crippen LogP contribution in [0.2, 0.25) is 0 Å². The Morgan fingerprint density at radius 2 is 1.56 bits per heavy atom. The standard InChI is InChI=1S/C23H25N3O5S/c1-29-17-9-6-15(7-10-17)18-14-19(16-8-11-20(30-2)21(13-16)31-3)25-23(24-18)32-12-4-5-22(27)26-28/h6-11,13-14,28H,4-5,12H2,1-3H3,(H,26,27). The van der Waals surface area contributed by atoms with Gasteiger partial charge >= 0.3 is 0 Å². The number of nitrogens with zero attached hydrogens (tertiary/aromatic N) is 2. The van der Waals surface area contributed by atoms with Gasteiger partial charge in [-0.15, -0.1) is 0 Å². The maximum Gasteiger partial charge on any atom is 0.243 e. The molecule has 0 aliphatic heterocycles. The fourth-order valence-corrected chi connectivity index (χ4v) is 3.79. The molecule has 0 spiro atoms. The molecule has 1 heterocycles. The molecule has 0 radical (unpaired) electrons. The van der Waals surface area contributed by atoms with Crippen molar-refractivity contribution in [3.8, 4) is 39.8 Å². The first-order valence-corrected chi connectivity index (χ1v) is 10.9. The van der Waals surface area contributed by atoms with Crippen molar-refractivity contribution in [3.63, 3.8) is 0 Å². The highest BCUT2D eigenvalue weighted by molar-refractivity contribution is 7.99. The minimum atomic E-state index is -0.412. The molecular formula is C23H25N3O5S. The highest BCUT2D eigenvalue weighted by Gasteiger charge is 2.12. The highest BCUT2D eigenvalue weighted by atomic mass is 32.2. The van der Waals surface area contributed by atoms with E-state index in [1.54, 1.807) is 26.8 Å². The summed E-state index contributed by atoms with van der Waals surface area (Å²) in [6.45, 7) is 0. The van der Waals surface area contributed by atoms with Crippen molar-refractivity contribution in [1.82, 2.24) is 15.4 Å². The first-order valence-electron chi connectivity index (χ1n) is 9.89. The van der Waals surface area contributed by atoms with E-state index >= 15 is 0 Å². The second kappa shape index (κ2) is 11.4. The minimum absolute atomic E-state index is 0.226. The van der Waals surface area contributed by atoms with Crippen LogP contribution in [0.3, 0.4) is 0 Å². The highest BCUT2D eigenvalue weighted by Crippen LogP contribution is 2.34. The Balaban J connectivity index is 1.95. The maximum absolute atomic E-state index is 11.2. The van der Waals surface area contributed by atoms with Crippen LogP contribution in [0.15, 0.2) is 53.7 Å². The lowest BCUT2D eigenvalue weighted by Crippen LogP contribution is -2.18. The summed E-state index contributed by atoms with van der Waals surface area (Å²) in [4.78, 5) is 20.6. The van der Waals surface area contributed by atoms with Crippen molar-refractivity contribution >= 4 is 17.7 Å². The summed E-state index contributed by atoms with van der Waals surface area (Å²) in [5.41, 5.74) is 4.94. The lowest BCUT2D eigenvalue weighted by atomic mass is 10.1. The van der Waals surface area contributed by atoms with E-state index in [2.05, 4.69) is 0 Å². The number of rotatable bonds is 10. The Kier molecular flexibility index (Phi) is 8.29. The lowest BCUT2D eigenvalue weighted by Gasteiger charge is -2.12. The molecule has 0 aliphatic rings. The predicted molar refractivity (Wildman–Crippen MR) is 122 cm³/mol. The Bertz CT molecular complexity index is 1060. The molecule has 2 N–H and O–H groups in total. The minimum Gasteiger partial charge on any atom is -0.497 e. The van der Waals surface area contributed by atoms with Crippen molar-refractivity contribution in [1.29, 1.82) is 0 Å². The topological polar surface area (TPSA) is 103 Å². The molecule has 168 valence electrons. The molecule has 0 unspecified atom stereocenters. The first-order chi connectivity index (χ1) is 15.6. The van der Waals surface area contributed by atoms with Crippen LogP contribution in [0.4, 0.5) is 0 Å². The van der Waals surface area contributed by atoms with Crippen LogP contribution in [0.5, 0.6) is 17.2 Å². The van der Waals surface area contributed by atoms with Crippen molar-refractivity contribution in [2.75, 3.05) is 27.1 Å². The van der Waals surface area contributed by atoms with Gasteiger partial charge in [-0.1, -0.05) is 11.8 Å². The summed E-state index contributed by atoms with van der Waals surface area (Å²) < 4.78 is 16.0. The van der Waals surface area contributed by atoms with Gasteiger partial charge in [0.05, 0.1) is 32.7 Å². The summed E-state index contributed by atoms with van der Waals surface area (Å²) in [5, 5.41) is 9.22. The Hall–Kier alpha value is -3.30. The number of carbonyl (C=O) groups is 1. The van der Waals surface area contributed by atoms with Gasteiger partial charge in [-0.25, -0.2) is 15.4 Å². The zero-order chi connectivity index (χ0) is 22.9. The number of ether oxygens (including phenoxy) is 3. The third-order valence-corrected chi connectivity index (χ3v) is 5.61. The summed E-state index contributed by atoms with van der Waals surface area (Å²) in [5.74, 6) is 2.23. The number of hydroxylamine groups is 1. The second-order valence-electron chi connectivity index (χ2n) is 6.71. The van der Waals surface area contributed by atoms with Gasteiger partial charge in [0.1, 0.15) is 5.75 Å². The number of carbonyl (C=O) groups excluding carboxylic acids is 1. The molecule has 0 aliphatic carbocycles. The van der Waals surface area contributed by atoms with Gasteiger partial charge in [-0.05, 0) is 55.0 Å². The number of nitrogens with one attached hydrogen (secondary N) is 1. The van der Waals surface area contributed by atoms with Crippen LogP contribution in [0.1, 0.15) is 12.8 Å². The zero-order valence-corrected chi connectivity index (χ0v) is 18.9. The summed E-state index contributed by atoms with van der Waals surface area (Å²) >= 11 is 1.45. The molecule has 2 aromatic carbocycles. The quantitative estimate of drug-likeness (QED) is 0.154. The van der Waals surface area contributed by atoms with E-state index in [-0.39, 0.29) is 6.42 Å². The molecular weight excluding hydrogens is 430 g/mol. The molecule has 0 atom stereocenters. The number of aromatic nitrogens is 2. The SMILES string of the molecule is COc1ccc(-c2cc(-c3ccc(OC)c(OC)c3)nc(SCCCC(=O)NO)n2)cc1. The fourth-order valence-electron chi connectivity index (χ4n) is 2.99. The van der Waals surface area contributed by atoms with Crippen LogP contribution in [-0.4, -0.2) is 48.2 Å². The van der Waals surface area contributed by atoms with Gasteiger partial charge < -0.3 is 14.2 Å². The Morgan fingerprint density at radius 3 is 2.19 bits per heavy atom. The van der Waals surface area contributed by atoms with Crippen molar-refractivity contribution < 1.29 is 24.2 Å². The first kappa shape index (κ1) is 23.4. The van der Waals surface area contributed by atoms with E-state index in [1.165, 1.54) is 11.8 Å². The van der Waals surface area contributed by atoms with Gasteiger partial charge in [-0.3, -0.25) is 10.0 Å². The van der Waals surface area contributed by atoms with Crippen LogP contribution in [-0.2, 0) is 4.79 Å². The lowest BCUT2D eigenvalue weighted by molar-refractivity contribution is -0.129. The molecule has 1 aromatic heterocycles. The largest absolute Gasteiger partial charge is 0.497 e. The molecule has 32 heavy (non-hydrogen) atoms. The van der Waals surface area contributed by atoms with Gasteiger partial charge in [-0.2, -0.15) is 0 Å². The van der Waals surface area contributed by atoms with Crippen molar-refractivity contribution in [2.24, 2.45) is 0 Å². The molecule has 0 saturated carbocycles. The number of hydrogen-bond donors (Lipinski definition) is 2. The molecule has 1 amide bonds. The summed E-state index contributed by atoms with van der Waals surface area (Å²) in [7, 11) is 4.81. The number of methoxy groups -OCH3 is 3. The Morgan fingerprint density at radius 1 is 0.906 bits per heavy atom. The summed E-state index contributed by atoms with van der Waals surface area (Å²) in [6.07, 6.45) is 0.809. The smallest absolute Gasteiger partial charge is 0.243 e. The van der Waals surface area contributed by atoms with E-state index < -0.39 is 5.91 Å². The van der Waals surface area contributed by atoms with E-state index in [4.69, 9.17) is 29.4 Å². The second-order valence-corrected chi connectivity index (χ2v) is 7.77. The van der Waals surface area contributed by atoms with Crippen LogP contribution < -0.4 is 19.7 Å². The van der Waals surface area contributed by atoms with Crippen molar-refractivity contribution in [3.05, 3.63) is 48.5 Å². The fraction of sp³-hybridized carbons (Fsp3) is 0.261. The normalized spacial score (nSPS) is 10.5. The number of thioether (sulfide) groups is 1. The molecule has 0 saturated heterocycles. The van der Waals surface area contributed by atoms with Gasteiger partial charge in [0.15, 0.2) is 16.7 Å². The van der Waals surface area contributed by atoms with Crippen LogP contribution in [0.25, 0.3) is 22.5 Å². The van der Waals surface area contributed by atoms with Crippen molar-refractivity contribution in [2.45, 2.75) is 18.0 Å². The van der Waals surface area contributed by atoms with Gasteiger partial charge in [0.2, 0.25) is 5.91 Å². The zero-order valence-electron chi connectivity index (χ0n) is 18.1. The molecule has 3 aromatic rings. The van der Waals surface area contributed by atoms with E-state index in [0.717, 1.165) is 28.3 Å². The molecule has 8 nitrogen and oxygen atoms in total. The molecule has 0 fully saturated rings. The van der Waals surface area contributed by atoms with E-state index in [0.29, 0.717) is 28.8 Å². The third kappa shape index (κ3) is 5.89.